The molecular formula is C23H21N5O2. The standard InChI is InChI=1S/C23H21N5O2/c29-21(14-22(30)23-24-26-27-25-23)20-13-19(12-11-17-7-3-1-4-8-17)16-28(20)15-18-9-5-2-6-10-18/h1-10,13-14,16,30H,11-12,15H2,(H,24,25,26,27). The van der Waals surface area contributed by atoms with E-state index in [4.69, 9.17) is 0 Å². The Morgan fingerprint density at radius 3 is 2.30 bits per heavy atom. The highest BCUT2D eigenvalue weighted by Crippen LogP contribution is 2.17. The van der Waals surface area contributed by atoms with Crippen molar-refractivity contribution in [1.29, 1.82) is 0 Å². The number of allylic oxidation sites excluding steroid dienone is 1. The zero-order chi connectivity index (χ0) is 20.8. The van der Waals surface area contributed by atoms with Gasteiger partial charge in [0.25, 0.3) is 0 Å². The van der Waals surface area contributed by atoms with Crippen LogP contribution < -0.4 is 0 Å². The molecule has 0 saturated heterocycles. The van der Waals surface area contributed by atoms with E-state index in [1.807, 2.05) is 65.4 Å². The fourth-order valence-electron chi connectivity index (χ4n) is 3.29. The normalized spacial score (nSPS) is 11.5. The predicted octanol–water partition coefficient (Wildman–Crippen LogP) is 3.62. The number of hydrogen-bond acceptors (Lipinski definition) is 5. The SMILES string of the molecule is O=C(C=C(O)c1nn[nH]n1)c1cc(CCc2ccccc2)cn1Cc1ccccc1. The van der Waals surface area contributed by atoms with E-state index in [9.17, 15) is 9.90 Å². The number of tetrazole rings is 1. The van der Waals surface area contributed by atoms with E-state index in [1.165, 1.54) is 5.56 Å². The number of benzene rings is 2. The number of aliphatic hydroxyl groups excluding tert-OH is 1. The topological polar surface area (TPSA) is 96.7 Å². The molecule has 0 bridgehead atoms. The van der Waals surface area contributed by atoms with Crippen LogP contribution in [0.5, 0.6) is 0 Å². The number of aliphatic hydroxyl groups is 1. The van der Waals surface area contributed by atoms with Crippen LogP contribution in [0.15, 0.2) is 79.0 Å². The molecule has 0 spiro atoms. The lowest BCUT2D eigenvalue weighted by molar-refractivity contribution is 0.103. The summed E-state index contributed by atoms with van der Waals surface area (Å²) in [5, 5.41) is 23.2. The highest BCUT2D eigenvalue weighted by atomic mass is 16.3. The smallest absolute Gasteiger partial charge is 0.239 e. The van der Waals surface area contributed by atoms with Crippen LogP contribution in [0, 0.1) is 0 Å². The second-order valence-electron chi connectivity index (χ2n) is 6.96. The summed E-state index contributed by atoms with van der Waals surface area (Å²) in [6.45, 7) is 0.560. The van der Waals surface area contributed by atoms with Crippen LogP contribution in [0.25, 0.3) is 5.76 Å². The third kappa shape index (κ3) is 4.70. The van der Waals surface area contributed by atoms with Crippen molar-refractivity contribution in [3.63, 3.8) is 0 Å². The van der Waals surface area contributed by atoms with Crippen molar-refractivity contribution in [2.45, 2.75) is 19.4 Å². The van der Waals surface area contributed by atoms with Crippen LogP contribution in [0.1, 0.15) is 33.0 Å². The molecule has 4 rings (SSSR count). The van der Waals surface area contributed by atoms with Crippen LogP contribution in [0.4, 0.5) is 0 Å². The van der Waals surface area contributed by atoms with Gasteiger partial charge >= 0.3 is 0 Å². The summed E-state index contributed by atoms with van der Waals surface area (Å²) in [6, 6.07) is 22.1. The minimum atomic E-state index is -0.327. The number of ketones is 1. The van der Waals surface area contributed by atoms with Gasteiger partial charge in [0, 0.05) is 18.8 Å². The Morgan fingerprint density at radius 1 is 0.967 bits per heavy atom. The van der Waals surface area contributed by atoms with Gasteiger partial charge in [0.1, 0.15) is 0 Å². The van der Waals surface area contributed by atoms with Gasteiger partial charge in [-0.05, 0) is 40.8 Å². The van der Waals surface area contributed by atoms with E-state index in [-0.39, 0.29) is 17.4 Å². The Balaban J connectivity index is 1.60. The molecule has 2 heterocycles. The predicted molar refractivity (Wildman–Crippen MR) is 113 cm³/mol. The van der Waals surface area contributed by atoms with Crippen molar-refractivity contribution in [3.8, 4) is 0 Å². The lowest BCUT2D eigenvalue weighted by Gasteiger charge is -2.07. The fraction of sp³-hybridized carbons (Fsp3) is 0.130. The molecular weight excluding hydrogens is 378 g/mol. The number of H-pyrrole nitrogens is 1. The summed E-state index contributed by atoms with van der Waals surface area (Å²) in [7, 11) is 0. The van der Waals surface area contributed by atoms with Crippen molar-refractivity contribution in [2.24, 2.45) is 0 Å². The van der Waals surface area contributed by atoms with Crippen molar-refractivity contribution in [3.05, 3.63) is 107 Å². The summed E-state index contributed by atoms with van der Waals surface area (Å²) >= 11 is 0. The summed E-state index contributed by atoms with van der Waals surface area (Å²) in [4.78, 5) is 12.9. The maximum absolute atomic E-state index is 12.9. The number of nitrogens with zero attached hydrogens (tertiary/aromatic N) is 4. The molecule has 0 unspecified atom stereocenters. The second kappa shape index (κ2) is 9.00. The molecule has 0 aliphatic heterocycles. The van der Waals surface area contributed by atoms with Gasteiger partial charge in [-0.2, -0.15) is 5.21 Å². The van der Waals surface area contributed by atoms with Crippen LogP contribution in [0.3, 0.4) is 0 Å². The molecule has 2 N–H and O–H groups in total. The highest BCUT2D eigenvalue weighted by molar-refractivity contribution is 6.06. The quantitative estimate of drug-likeness (QED) is 0.268. The van der Waals surface area contributed by atoms with Gasteiger partial charge in [-0.3, -0.25) is 4.79 Å². The van der Waals surface area contributed by atoms with Crippen molar-refractivity contribution < 1.29 is 9.90 Å². The second-order valence-corrected chi connectivity index (χ2v) is 6.96. The van der Waals surface area contributed by atoms with Gasteiger partial charge in [0.05, 0.1) is 5.69 Å². The van der Waals surface area contributed by atoms with Crippen molar-refractivity contribution in [2.75, 3.05) is 0 Å². The average molecular weight is 399 g/mol. The molecule has 0 fully saturated rings. The average Bonchev–Trinajstić information content (AvgIpc) is 3.44. The minimum Gasteiger partial charge on any atom is -0.504 e. The van der Waals surface area contributed by atoms with E-state index in [0.717, 1.165) is 30.0 Å². The first kappa shape index (κ1) is 19.3. The van der Waals surface area contributed by atoms with Gasteiger partial charge in [0.15, 0.2) is 5.76 Å². The first-order valence-corrected chi connectivity index (χ1v) is 9.65. The first-order valence-electron chi connectivity index (χ1n) is 9.65. The largest absolute Gasteiger partial charge is 0.504 e. The van der Waals surface area contributed by atoms with Gasteiger partial charge in [-0.1, -0.05) is 60.7 Å². The molecule has 4 aromatic rings. The lowest BCUT2D eigenvalue weighted by atomic mass is 10.1. The van der Waals surface area contributed by atoms with E-state index in [2.05, 4.69) is 32.8 Å². The Kier molecular flexibility index (Phi) is 5.80. The molecule has 150 valence electrons. The monoisotopic (exact) mass is 399 g/mol. The Labute approximate surface area is 173 Å². The molecule has 7 heteroatoms. The van der Waals surface area contributed by atoms with Gasteiger partial charge in [-0.15, -0.1) is 10.2 Å². The molecule has 0 amide bonds. The summed E-state index contributed by atoms with van der Waals surface area (Å²) in [6.07, 6.45) is 4.82. The summed E-state index contributed by atoms with van der Waals surface area (Å²) in [5.74, 6) is -0.667. The van der Waals surface area contributed by atoms with Crippen molar-refractivity contribution in [1.82, 2.24) is 25.2 Å². The van der Waals surface area contributed by atoms with E-state index in [1.54, 1.807) is 0 Å². The number of aryl methyl sites for hydroxylation is 2. The van der Waals surface area contributed by atoms with Crippen LogP contribution in [-0.4, -0.2) is 36.1 Å². The minimum absolute atomic E-state index is 0.0196. The number of hydrogen-bond donors (Lipinski definition) is 2. The maximum Gasteiger partial charge on any atom is 0.239 e. The number of rotatable bonds is 8. The van der Waals surface area contributed by atoms with E-state index >= 15 is 0 Å². The Bertz CT molecular complexity index is 1130. The van der Waals surface area contributed by atoms with E-state index in [0.29, 0.717) is 12.2 Å². The van der Waals surface area contributed by atoms with Gasteiger partial charge < -0.3 is 9.67 Å². The molecule has 7 nitrogen and oxygen atoms in total. The van der Waals surface area contributed by atoms with E-state index < -0.39 is 0 Å². The molecule has 0 aliphatic carbocycles. The van der Waals surface area contributed by atoms with Gasteiger partial charge in [0.2, 0.25) is 11.6 Å². The van der Waals surface area contributed by atoms with Gasteiger partial charge in [-0.25, -0.2) is 0 Å². The zero-order valence-corrected chi connectivity index (χ0v) is 16.3. The third-order valence-electron chi connectivity index (χ3n) is 4.79. The number of nitrogens with one attached hydrogen (secondary N) is 1. The maximum atomic E-state index is 12.9. The first-order chi connectivity index (χ1) is 14.7. The van der Waals surface area contributed by atoms with Crippen LogP contribution in [0.2, 0.25) is 0 Å². The lowest BCUT2D eigenvalue weighted by Crippen LogP contribution is -2.08. The Morgan fingerprint density at radius 2 is 1.63 bits per heavy atom. The highest BCUT2D eigenvalue weighted by Gasteiger charge is 2.15. The molecule has 2 aromatic heterocycles. The van der Waals surface area contributed by atoms with Crippen LogP contribution in [-0.2, 0) is 19.4 Å². The zero-order valence-electron chi connectivity index (χ0n) is 16.3. The number of carbonyl (C=O) groups excluding carboxylic acids is 1. The molecule has 0 aliphatic rings. The summed E-state index contributed by atoms with van der Waals surface area (Å²) in [5.41, 5.74) is 3.89. The molecule has 0 saturated carbocycles. The summed E-state index contributed by atoms with van der Waals surface area (Å²) < 4.78 is 1.91. The fourth-order valence-corrected chi connectivity index (χ4v) is 3.29. The number of carbonyl (C=O) groups is 1. The molecule has 2 aromatic carbocycles. The molecule has 0 radical (unpaired) electrons. The third-order valence-corrected chi connectivity index (χ3v) is 4.79. The van der Waals surface area contributed by atoms with Crippen LogP contribution >= 0.6 is 0 Å². The van der Waals surface area contributed by atoms with Crippen molar-refractivity contribution >= 4 is 11.5 Å². The number of aromatic nitrogens is 5. The Hall–Kier alpha value is -4.00. The molecule has 0 atom stereocenters. The number of aromatic amines is 1. The molecule has 30 heavy (non-hydrogen) atoms.